The summed E-state index contributed by atoms with van der Waals surface area (Å²) >= 11 is 0. The van der Waals surface area contributed by atoms with Crippen molar-refractivity contribution in [1.82, 2.24) is 20.5 Å². The van der Waals surface area contributed by atoms with E-state index in [4.69, 9.17) is 0 Å². The van der Waals surface area contributed by atoms with Crippen LogP contribution in [-0.4, -0.2) is 42.6 Å². The number of carbonyl (C=O) groups excluding carboxylic acids is 1. The largest absolute Gasteiger partial charge is 0.356 e. The summed E-state index contributed by atoms with van der Waals surface area (Å²) in [5.74, 6) is 0.870. The van der Waals surface area contributed by atoms with E-state index in [1.165, 1.54) is 19.3 Å². The Morgan fingerprint density at radius 1 is 1.13 bits per heavy atom. The highest BCUT2D eigenvalue weighted by atomic mass is 16.1. The molecule has 1 aliphatic rings. The molecule has 0 bridgehead atoms. The molecule has 1 aromatic rings. The van der Waals surface area contributed by atoms with Gasteiger partial charge >= 0.3 is 0 Å². The zero-order valence-electron chi connectivity index (χ0n) is 14.1. The average molecular weight is 319 g/mol. The quantitative estimate of drug-likeness (QED) is 0.527. The predicted molar refractivity (Wildman–Crippen MR) is 93.4 cm³/mol. The molecule has 23 heavy (non-hydrogen) atoms. The minimum Gasteiger partial charge on any atom is -0.356 e. The second kappa shape index (κ2) is 9.92. The van der Waals surface area contributed by atoms with Crippen molar-refractivity contribution in [2.75, 3.05) is 20.1 Å². The third kappa shape index (κ3) is 6.76. The van der Waals surface area contributed by atoms with Gasteiger partial charge in [-0.3, -0.25) is 9.79 Å². The van der Waals surface area contributed by atoms with E-state index in [0.717, 1.165) is 31.9 Å². The van der Waals surface area contributed by atoms with E-state index in [0.29, 0.717) is 19.0 Å². The minimum atomic E-state index is 0.132. The number of amides is 1. The first kappa shape index (κ1) is 17.4. The number of nitrogens with zero attached hydrogens (tertiary/aromatic N) is 2. The van der Waals surface area contributed by atoms with Crippen LogP contribution in [0.5, 0.6) is 0 Å². The van der Waals surface area contributed by atoms with E-state index in [2.05, 4.69) is 25.5 Å². The Labute approximate surface area is 138 Å². The molecule has 0 spiro atoms. The first-order valence-corrected chi connectivity index (χ1v) is 8.62. The smallest absolute Gasteiger partial charge is 0.221 e. The first-order chi connectivity index (χ1) is 11.3. The summed E-state index contributed by atoms with van der Waals surface area (Å²) in [5, 5.41) is 9.57. The summed E-state index contributed by atoms with van der Waals surface area (Å²) in [4.78, 5) is 16.1. The molecule has 0 saturated heterocycles. The van der Waals surface area contributed by atoms with Crippen LogP contribution in [0.2, 0.25) is 0 Å². The average Bonchev–Trinajstić information content (AvgIpc) is 3.07. The third-order valence-corrected chi connectivity index (χ3v) is 4.17. The van der Waals surface area contributed by atoms with E-state index >= 15 is 0 Å². The van der Waals surface area contributed by atoms with Gasteiger partial charge in [0.15, 0.2) is 5.96 Å². The van der Waals surface area contributed by atoms with Gasteiger partial charge in [0.25, 0.3) is 0 Å². The molecule has 0 aliphatic heterocycles. The molecule has 1 heterocycles. The lowest BCUT2D eigenvalue weighted by molar-refractivity contribution is -0.121. The van der Waals surface area contributed by atoms with E-state index in [1.54, 1.807) is 7.05 Å². The van der Waals surface area contributed by atoms with Crippen LogP contribution in [0.25, 0.3) is 0 Å². The maximum atomic E-state index is 11.9. The predicted octanol–water partition coefficient (Wildman–Crippen LogP) is 1.49. The molecule has 1 amide bonds. The molecule has 3 N–H and O–H groups in total. The van der Waals surface area contributed by atoms with Gasteiger partial charge in [-0.2, -0.15) is 0 Å². The van der Waals surface area contributed by atoms with Crippen molar-refractivity contribution in [2.45, 2.75) is 51.1 Å². The topological polar surface area (TPSA) is 70.4 Å². The number of rotatable bonds is 7. The minimum absolute atomic E-state index is 0.132. The highest BCUT2D eigenvalue weighted by Crippen LogP contribution is 2.17. The second-order valence-electron chi connectivity index (χ2n) is 6.00. The third-order valence-electron chi connectivity index (χ3n) is 4.17. The van der Waals surface area contributed by atoms with Gasteiger partial charge in [-0.25, -0.2) is 0 Å². The highest BCUT2D eigenvalue weighted by molar-refractivity contribution is 5.81. The summed E-state index contributed by atoms with van der Waals surface area (Å²) < 4.78 is 2.11. The van der Waals surface area contributed by atoms with Gasteiger partial charge in [0.05, 0.1) is 0 Å². The summed E-state index contributed by atoms with van der Waals surface area (Å²) in [5.41, 5.74) is 0. The fraction of sp³-hybridized carbons (Fsp3) is 0.647. The molecular formula is C17H29N5O. The number of hydrogen-bond donors (Lipinski definition) is 3. The molecule has 0 radical (unpaired) electrons. The number of nitrogens with one attached hydrogen (secondary N) is 3. The van der Waals surface area contributed by atoms with Crippen LogP contribution in [0.1, 0.15) is 38.5 Å². The van der Waals surface area contributed by atoms with Gasteiger partial charge in [0.2, 0.25) is 5.91 Å². The van der Waals surface area contributed by atoms with Crippen molar-refractivity contribution in [3.8, 4) is 0 Å². The summed E-state index contributed by atoms with van der Waals surface area (Å²) in [6.45, 7) is 2.28. The van der Waals surface area contributed by atoms with Crippen LogP contribution in [0, 0.1) is 0 Å². The Morgan fingerprint density at radius 3 is 2.52 bits per heavy atom. The molecule has 2 rings (SSSR count). The van der Waals surface area contributed by atoms with Crippen molar-refractivity contribution in [3.05, 3.63) is 24.5 Å². The van der Waals surface area contributed by atoms with Crippen molar-refractivity contribution in [1.29, 1.82) is 0 Å². The van der Waals surface area contributed by atoms with E-state index < -0.39 is 0 Å². The van der Waals surface area contributed by atoms with Crippen molar-refractivity contribution < 1.29 is 4.79 Å². The zero-order chi connectivity index (χ0) is 16.3. The molecule has 0 atom stereocenters. The van der Waals surface area contributed by atoms with Crippen molar-refractivity contribution in [2.24, 2.45) is 4.99 Å². The van der Waals surface area contributed by atoms with Gasteiger partial charge in [-0.05, 0) is 25.0 Å². The molecule has 128 valence electrons. The molecular weight excluding hydrogens is 290 g/mol. The molecule has 1 saturated carbocycles. The summed E-state index contributed by atoms with van der Waals surface area (Å²) in [7, 11) is 1.74. The fourth-order valence-electron chi connectivity index (χ4n) is 2.88. The molecule has 1 fully saturated rings. The SMILES string of the molecule is CN=C(NCCC(=O)NC1CCCCC1)NCCn1cccc1. The van der Waals surface area contributed by atoms with Gasteiger partial charge in [0, 0.05) is 51.5 Å². The number of carbonyl (C=O) groups is 1. The maximum Gasteiger partial charge on any atom is 0.221 e. The number of guanidine groups is 1. The molecule has 0 aromatic carbocycles. The lowest BCUT2D eigenvalue weighted by Crippen LogP contribution is -2.42. The van der Waals surface area contributed by atoms with Crippen molar-refractivity contribution >= 4 is 11.9 Å². The molecule has 1 aliphatic carbocycles. The number of aromatic nitrogens is 1. The fourth-order valence-corrected chi connectivity index (χ4v) is 2.88. The molecule has 6 heteroatoms. The van der Waals surface area contributed by atoms with E-state index in [-0.39, 0.29) is 5.91 Å². The first-order valence-electron chi connectivity index (χ1n) is 8.62. The van der Waals surface area contributed by atoms with Crippen LogP contribution in [0.4, 0.5) is 0 Å². The van der Waals surface area contributed by atoms with E-state index in [9.17, 15) is 4.79 Å². The number of hydrogen-bond acceptors (Lipinski definition) is 2. The zero-order valence-corrected chi connectivity index (χ0v) is 14.1. The monoisotopic (exact) mass is 319 g/mol. The Bertz CT molecular complexity index is 477. The lowest BCUT2D eigenvalue weighted by atomic mass is 9.95. The Kier molecular flexibility index (Phi) is 7.49. The Morgan fingerprint density at radius 2 is 1.83 bits per heavy atom. The lowest BCUT2D eigenvalue weighted by Gasteiger charge is -2.22. The Balaban J connectivity index is 1.56. The van der Waals surface area contributed by atoms with Gasteiger partial charge < -0.3 is 20.5 Å². The van der Waals surface area contributed by atoms with E-state index in [1.807, 2.05) is 24.5 Å². The van der Waals surface area contributed by atoms with Crippen LogP contribution >= 0.6 is 0 Å². The number of aliphatic imine (C=N–C) groups is 1. The normalized spacial score (nSPS) is 16.1. The molecule has 1 aromatic heterocycles. The van der Waals surface area contributed by atoms with Gasteiger partial charge in [-0.1, -0.05) is 19.3 Å². The highest BCUT2D eigenvalue weighted by Gasteiger charge is 2.15. The van der Waals surface area contributed by atoms with Crippen LogP contribution in [-0.2, 0) is 11.3 Å². The van der Waals surface area contributed by atoms with Crippen LogP contribution in [0.3, 0.4) is 0 Å². The van der Waals surface area contributed by atoms with Gasteiger partial charge in [0.1, 0.15) is 0 Å². The maximum absolute atomic E-state index is 11.9. The van der Waals surface area contributed by atoms with Crippen molar-refractivity contribution in [3.63, 3.8) is 0 Å². The summed E-state index contributed by atoms with van der Waals surface area (Å²) in [6, 6.07) is 4.41. The standard InChI is InChI=1S/C17H29N5O/c1-18-17(20-11-14-22-12-5-6-13-22)19-10-9-16(23)21-15-7-3-2-4-8-15/h5-6,12-13,15H,2-4,7-11,14H2,1H3,(H,21,23)(H2,18,19,20). The van der Waals surface area contributed by atoms with Crippen LogP contribution < -0.4 is 16.0 Å². The van der Waals surface area contributed by atoms with Crippen LogP contribution in [0.15, 0.2) is 29.5 Å². The Hall–Kier alpha value is -1.98. The molecule has 6 nitrogen and oxygen atoms in total. The molecule has 0 unspecified atom stereocenters. The van der Waals surface area contributed by atoms with Gasteiger partial charge in [-0.15, -0.1) is 0 Å². The second-order valence-corrected chi connectivity index (χ2v) is 6.00. The summed E-state index contributed by atoms with van der Waals surface area (Å²) in [6.07, 6.45) is 10.6.